The summed E-state index contributed by atoms with van der Waals surface area (Å²) in [5.41, 5.74) is 1.50. The molecule has 0 bridgehead atoms. The van der Waals surface area contributed by atoms with E-state index in [1.165, 1.54) is 63.5 Å². The summed E-state index contributed by atoms with van der Waals surface area (Å²) in [4.78, 5) is 12.3. The molecular weight excluding hydrogens is 425 g/mol. The molecule has 0 fully saturated rings. The number of amides is 1. The summed E-state index contributed by atoms with van der Waals surface area (Å²) in [5.74, 6) is -0.0758. The number of alkyl halides is 3. The van der Waals surface area contributed by atoms with Crippen LogP contribution in [0.25, 0.3) is 0 Å². The molecular formula is C27H37F3N2O. The van der Waals surface area contributed by atoms with Gasteiger partial charge in [-0.2, -0.15) is 13.2 Å². The molecule has 3 nitrogen and oxygen atoms in total. The zero-order valence-electron chi connectivity index (χ0n) is 19.6. The maximum Gasteiger partial charge on any atom is 0.416 e. The predicted molar refractivity (Wildman–Crippen MR) is 129 cm³/mol. The molecule has 0 aliphatic carbocycles. The van der Waals surface area contributed by atoms with Crippen molar-refractivity contribution >= 4 is 11.6 Å². The zero-order chi connectivity index (χ0) is 23.9. The summed E-state index contributed by atoms with van der Waals surface area (Å²) in [7, 11) is 0. The number of hydrogen-bond acceptors (Lipinski definition) is 2. The summed E-state index contributed by atoms with van der Waals surface area (Å²) in [6.07, 6.45) is 8.33. The summed E-state index contributed by atoms with van der Waals surface area (Å²) < 4.78 is 37.9. The van der Waals surface area contributed by atoms with Crippen LogP contribution in [0.4, 0.5) is 18.9 Å². The van der Waals surface area contributed by atoms with Gasteiger partial charge >= 0.3 is 6.18 Å². The van der Waals surface area contributed by atoms with Gasteiger partial charge in [-0.3, -0.25) is 4.79 Å². The lowest BCUT2D eigenvalue weighted by molar-refractivity contribution is -0.137. The normalized spacial score (nSPS) is 11.4. The molecule has 0 atom stereocenters. The first-order chi connectivity index (χ1) is 15.9. The molecule has 6 heteroatoms. The van der Waals surface area contributed by atoms with Crippen molar-refractivity contribution in [1.82, 2.24) is 5.32 Å². The fourth-order valence-corrected chi connectivity index (χ4v) is 3.67. The number of rotatable bonds is 15. The second kappa shape index (κ2) is 14.6. The molecule has 2 aromatic carbocycles. The van der Waals surface area contributed by atoms with Crippen molar-refractivity contribution in [2.45, 2.75) is 83.9 Å². The first kappa shape index (κ1) is 26.7. The van der Waals surface area contributed by atoms with E-state index in [4.69, 9.17) is 0 Å². The van der Waals surface area contributed by atoms with E-state index in [1.807, 2.05) is 12.1 Å². The van der Waals surface area contributed by atoms with Gasteiger partial charge in [0.25, 0.3) is 5.91 Å². The van der Waals surface area contributed by atoms with E-state index < -0.39 is 11.7 Å². The molecule has 0 aliphatic rings. The van der Waals surface area contributed by atoms with Gasteiger partial charge in [0.1, 0.15) is 0 Å². The van der Waals surface area contributed by atoms with Crippen molar-refractivity contribution in [3.8, 4) is 0 Å². The number of benzene rings is 2. The number of anilines is 1. The fourth-order valence-electron chi connectivity index (χ4n) is 3.67. The zero-order valence-corrected chi connectivity index (χ0v) is 19.6. The molecule has 1 amide bonds. The third-order valence-electron chi connectivity index (χ3n) is 5.74. The fraction of sp³-hybridized carbons (Fsp3) is 0.519. The Bertz CT molecular complexity index is 802. The van der Waals surface area contributed by atoms with Crippen LogP contribution in [0.15, 0.2) is 48.5 Å². The topological polar surface area (TPSA) is 41.1 Å². The average Bonchev–Trinajstić information content (AvgIpc) is 2.81. The van der Waals surface area contributed by atoms with E-state index in [0.29, 0.717) is 24.3 Å². The Morgan fingerprint density at radius 2 is 1.30 bits per heavy atom. The van der Waals surface area contributed by atoms with Crippen LogP contribution in [0.3, 0.4) is 0 Å². The molecule has 2 aromatic rings. The van der Waals surface area contributed by atoms with Crippen LogP contribution in [0.1, 0.15) is 92.6 Å². The average molecular weight is 463 g/mol. The van der Waals surface area contributed by atoms with Crippen LogP contribution < -0.4 is 10.6 Å². The van der Waals surface area contributed by atoms with Gasteiger partial charge < -0.3 is 10.6 Å². The highest BCUT2D eigenvalue weighted by atomic mass is 19.4. The smallest absolute Gasteiger partial charge is 0.381 e. The predicted octanol–water partition coefficient (Wildman–Crippen LogP) is 7.97. The largest absolute Gasteiger partial charge is 0.416 e. The van der Waals surface area contributed by atoms with Crippen molar-refractivity contribution in [3.63, 3.8) is 0 Å². The van der Waals surface area contributed by atoms with Gasteiger partial charge in [0.05, 0.1) is 5.56 Å². The van der Waals surface area contributed by atoms with Crippen molar-refractivity contribution in [1.29, 1.82) is 0 Å². The molecule has 2 N–H and O–H groups in total. The Kier molecular flexibility index (Phi) is 11.8. The highest BCUT2D eigenvalue weighted by Crippen LogP contribution is 2.29. The Balaban J connectivity index is 1.59. The lowest BCUT2D eigenvalue weighted by atomic mass is 10.1. The molecule has 0 saturated carbocycles. The standard InChI is InChI=1S/C27H37F3N2O/c1-2-3-4-5-6-7-8-9-10-11-20-31-26(33)23-14-12-22(13-15-23)21-32-25-18-16-24(17-19-25)27(28,29)30/h12-19,32H,2-11,20-21H2,1H3,(H,31,33). The number of unbranched alkanes of at least 4 members (excludes halogenated alkanes) is 9. The second-order valence-electron chi connectivity index (χ2n) is 8.56. The minimum atomic E-state index is -4.33. The minimum absolute atomic E-state index is 0.0758. The van der Waals surface area contributed by atoms with Crippen molar-refractivity contribution in [2.75, 3.05) is 11.9 Å². The van der Waals surface area contributed by atoms with Gasteiger partial charge in [0.2, 0.25) is 0 Å². The third kappa shape index (κ3) is 10.8. The van der Waals surface area contributed by atoms with E-state index in [2.05, 4.69) is 17.6 Å². The summed E-state index contributed by atoms with van der Waals surface area (Å²) >= 11 is 0. The van der Waals surface area contributed by atoms with Crippen LogP contribution >= 0.6 is 0 Å². The van der Waals surface area contributed by atoms with Crippen LogP contribution in [-0.4, -0.2) is 12.5 Å². The lowest BCUT2D eigenvalue weighted by Gasteiger charge is -2.10. The second-order valence-corrected chi connectivity index (χ2v) is 8.56. The lowest BCUT2D eigenvalue weighted by Crippen LogP contribution is -2.24. The van der Waals surface area contributed by atoms with Crippen LogP contribution in [0, 0.1) is 0 Å². The Labute approximate surface area is 196 Å². The van der Waals surface area contributed by atoms with E-state index in [0.717, 1.165) is 30.5 Å². The maximum absolute atomic E-state index is 12.6. The molecule has 182 valence electrons. The molecule has 0 heterocycles. The number of carbonyl (C=O) groups excluding carboxylic acids is 1. The molecule has 0 aromatic heterocycles. The minimum Gasteiger partial charge on any atom is -0.381 e. The quantitative estimate of drug-likeness (QED) is 0.264. The van der Waals surface area contributed by atoms with Crippen LogP contribution in [-0.2, 0) is 12.7 Å². The first-order valence-corrected chi connectivity index (χ1v) is 12.2. The van der Waals surface area contributed by atoms with Gasteiger partial charge in [-0.25, -0.2) is 0 Å². The summed E-state index contributed by atoms with van der Waals surface area (Å²) in [6.45, 7) is 3.39. The molecule has 0 spiro atoms. The number of hydrogen-bond donors (Lipinski definition) is 2. The first-order valence-electron chi connectivity index (χ1n) is 12.2. The van der Waals surface area contributed by atoms with Gasteiger partial charge in [-0.1, -0.05) is 76.8 Å². The number of carbonyl (C=O) groups is 1. The Morgan fingerprint density at radius 1 is 0.758 bits per heavy atom. The Morgan fingerprint density at radius 3 is 1.85 bits per heavy atom. The molecule has 0 aliphatic heterocycles. The molecule has 0 unspecified atom stereocenters. The van der Waals surface area contributed by atoms with Crippen molar-refractivity contribution < 1.29 is 18.0 Å². The summed E-state index contributed by atoms with van der Waals surface area (Å²) in [5, 5.41) is 6.07. The molecule has 33 heavy (non-hydrogen) atoms. The van der Waals surface area contributed by atoms with Crippen LogP contribution in [0.5, 0.6) is 0 Å². The molecule has 2 rings (SSSR count). The van der Waals surface area contributed by atoms with E-state index in [-0.39, 0.29) is 5.91 Å². The third-order valence-corrected chi connectivity index (χ3v) is 5.74. The SMILES string of the molecule is CCCCCCCCCCCCNC(=O)c1ccc(CNc2ccc(C(F)(F)F)cc2)cc1. The van der Waals surface area contributed by atoms with Crippen molar-refractivity contribution in [3.05, 3.63) is 65.2 Å². The van der Waals surface area contributed by atoms with E-state index >= 15 is 0 Å². The van der Waals surface area contributed by atoms with Crippen molar-refractivity contribution in [2.24, 2.45) is 0 Å². The van der Waals surface area contributed by atoms with Gasteiger partial charge in [0.15, 0.2) is 0 Å². The Hall–Kier alpha value is -2.50. The monoisotopic (exact) mass is 462 g/mol. The van der Waals surface area contributed by atoms with Gasteiger partial charge in [-0.05, 0) is 48.4 Å². The molecule has 0 saturated heterocycles. The number of halogens is 3. The number of nitrogens with one attached hydrogen (secondary N) is 2. The highest BCUT2D eigenvalue weighted by molar-refractivity contribution is 5.94. The molecule has 0 radical (unpaired) electrons. The highest BCUT2D eigenvalue weighted by Gasteiger charge is 2.29. The van der Waals surface area contributed by atoms with Gasteiger partial charge in [-0.15, -0.1) is 0 Å². The van der Waals surface area contributed by atoms with Crippen LogP contribution in [0.2, 0.25) is 0 Å². The van der Waals surface area contributed by atoms with Gasteiger partial charge in [0, 0.05) is 24.3 Å². The maximum atomic E-state index is 12.6. The van der Waals surface area contributed by atoms with E-state index in [9.17, 15) is 18.0 Å². The van der Waals surface area contributed by atoms with E-state index in [1.54, 1.807) is 12.1 Å². The summed E-state index contributed by atoms with van der Waals surface area (Å²) in [6, 6.07) is 12.2.